The van der Waals surface area contributed by atoms with Gasteiger partial charge in [0, 0.05) is 32.1 Å². The molecule has 0 saturated carbocycles. The van der Waals surface area contributed by atoms with Crippen LogP contribution in [0, 0.1) is 11.8 Å². The first-order valence-corrected chi connectivity index (χ1v) is 8.20. The molecule has 2 atom stereocenters. The van der Waals surface area contributed by atoms with Gasteiger partial charge >= 0.3 is 12.1 Å². The van der Waals surface area contributed by atoms with Gasteiger partial charge in [0.2, 0.25) is 0 Å². The molecule has 0 radical (unpaired) electrons. The molecule has 1 aromatic rings. The molecule has 2 unspecified atom stereocenters. The average Bonchev–Trinajstić information content (AvgIpc) is 2.87. The lowest BCUT2D eigenvalue weighted by atomic mass is 9.96. The fraction of sp³-hybridized carbons (Fsp3) is 0.556. The highest BCUT2D eigenvalue weighted by Gasteiger charge is 2.37. The highest BCUT2D eigenvalue weighted by atomic mass is 16.6. The summed E-state index contributed by atoms with van der Waals surface area (Å²) in [5.41, 5.74) is 0.591. The van der Waals surface area contributed by atoms with Gasteiger partial charge in [-0.25, -0.2) is 4.79 Å². The number of alkyl carbamates (subject to hydrolysis) is 1. The number of ether oxygens (including phenoxy) is 1. The van der Waals surface area contributed by atoms with Crippen LogP contribution in [-0.4, -0.2) is 47.3 Å². The minimum atomic E-state index is -0.818. The van der Waals surface area contributed by atoms with Crippen LogP contribution in [-0.2, 0) is 16.1 Å². The second kappa shape index (κ2) is 7.66. The first-order chi connectivity index (χ1) is 11.2. The minimum absolute atomic E-state index is 0.126. The van der Waals surface area contributed by atoms with Crippen molar-refractivity contribution in [2.24, 2.45) is 11.8 Å². The normalized spacial score (nSPS) is 21.5. The third-order valence-electron chi connectivity index (χ3n) is 3.99. The molecule has 6 heteroatoms. The summed E-state index contributed by atoms with van der Waals surface area (Å²) < 4.78 is 5.20. The number of carbonyl (C=O) groups is 2. The Labute approximate surface area is 142 Å². The Morgan fingerprint density at radius 1 is 1.25 bits per heavy atom. The van der Waals surface area contributed by atoms with Crippen LogP contribution in [0.3, 0.4) is 0 Å². The molecule has 1 aliphatic heterocycles. The Morgan fingerprint density at radius 3 is 2.50 bits per heavy atom. The third kappa shape index (κ3) is 5.53. The minimum Gasteiger partial charge on any atom is -0.481 e. The van der Waals surface area contributed by atoms with Crippen molar-refractivity contribution in [2.75, 3.05) is 19.6 Å². The van der Waals surface area contributed by atoms with Crippen LogP contribution in [0.2, 0.25) is 0 Å². The zero-order chi connectivity index (χ0) is 17.7. The smallest absolute Gasteiger partial charge is 0.407 e. The number of benzene rings is 1. The first-order valence-electron chi connectivity index (χ1n) is 8.20. The number of carboxylic acid groups (broad SMARTS) is 1. The number of rotatable bonds is 5. The van der Waals surface area contributed by atoms with Crippen molar-refractivity contribution in [1.82, 2.24) is 10.2 Å². The van der Waals surface area contributed by atoms with Crippen molar-refractivity contribution in [3.63, 3.8) is 0 Å². The number of hydrogen-bond donors (Lipinski definition) is 2. The monoisotopic (exact) mass is 334 g/mol. The van der Waals surface area contributed by atoms with Crippen LogP contribution < -0.4 is 5.32 Å². The van der Waals surface area contributed by atoms with Gasteiger partial charge in [-0.1, -0.05) is 30.3 Å². The molecule has 2 rings (SSSR count). The summed E-state index contributed by atoms with van der Waals surface area (Å²) in [6, 6.07) is 9.97. The molecular weight excluding hydrogens is 308 g/mol. The molecule has 1 fully saturated rings. The van der Waals surface area contributed by atoms with Crippen molar-refractivity contribution < 1.29 is 19.4 Å². The Balaban J connectivity index is 1.90. The van der Waals surface area contributed by atoms with E-state index in [1.807, 2.05) is 30.3 Å². The molecule has 2 N–H and O–H groups in total. The lowest BCUT2D eigenvalue weighted by Crippen LogP contribution is -2.38. The third-order valence-corrected chi connectivity index (χ3v) is 3.99. The summed E-state index contributed by atoms with van der Waals surface area (Å²) in [5, 5.41) is 12.1. The number of amides is 1. The molecular formula is C18H26N2O4. The molecule has 6 nitrogen and oxygen atoms in total. The van der Waals surface area contributed by atoms with Crippen LogP contribution in [0.4, 0.5) is 4.79 Å². The molecule has 1 amide bonds. The van der Waals surface area contributed by atoms with Crippen molar-refractivity contribution in [1.29, 1.82) is 0 Å². The van der Waals surface area contributed by atoms with E-state index in [9.17, 15) is 14.7 Å². The van der Waals surface area contributed by atoms with Gasteiger partial charge in [-0.3, -0.25) is 9.69 Å². The Bertz CT molecular complexity index is 568. The summed E-state index contributed by atoms with van der Waals surface area (Å²) in [6.07, 6.45) is -0.506. The number of aliphatic carboxylic acids is 1. The van der Waals surface area contributed by atoms with E-state index < -0.39 is 23.6 Å². The second-order valence-corrected chi connectivity index (χ2v) is 7.27. The number of nitrogens with one attached hydrogen (secondary N) is 1. The number of carbonyl (C=O) groups excluding carboxylic acids is 1. The van der Waals surface area contributed by atoms with Gasteiger partial charge in [-0.2, -0.15) is 0 Å². The lowest BCUT2D eigenvalue weighted by Gasteiger charge is -2.21. The predicted octanol–water partition coefficient (Wildman–Crippen LogP) is 2.34. The summed E-state index contributed by atoms with van der Waals surface area (Å²) in [6.45, 7) is 7.54. The van der Waals surface area contributed by atoms with E-state index in [-0.39, 0.29) is 5.92 Å². The van der Waals surface area contributed by atoms with Gasteiger partial charge in [0.05, 0.1) is 5.92 Å². The van der Waals surface area contributed by atoms with Gasteiger partial charge in [0.1, 0.15) is 5.60 Å². The topological polar surface area (TPSA) is 78.9 Å². The largest absolute Gasteiger partial charge is 0.481 e. The number of nitrogens with zero attached hydrogens (tertiary/aromatic N) is 1. The van der Waals surface area contributed by atoms with E-state index in [0.717, 1.165) is 5.56 Å². The summed E-state index contributed by atoms with van der Waals surface area (Å²) in [5.74, 6) is -1.43. The van der Waals surface area contributed by atoms with Crippen LogP contribution in [0.1, 0.15) is 26.3 Å². The van der Waals surface area contributed by atoms with E-state index in [4.69, 9.17) is 4.74 Å². The molecule has 0 bridgehead atoms. The average molecular weight is 334 g/mol. The summed E-state index contributed by atoms with van der Waals surface area (Å²) in [7, 11) is 0. The molecule has 24 heavy (non-hydrogen) atoms. The maximum Gasteiger partial charge on any atom is 0.407 e. The highest BCUT2D eigenvalue weighted by Crippen LogP contribution is 2.25. The lowest BCUT2D eigenvalue weighted by molar-refractivity contribution is -0.142. The van der Waals surface area contributed by atoms with Gasteiger partial charge < -0.3 is 15.2 Å². The van der Waals surface area contributed by atoms with Crippen LogP contribution in [0.25, 0.3) is 0 Å². The fourth-order valence-electron chi connectivity index (χ4n) is 2.95. The number of hydrogen-bond acceptors (Lipinski definition) is 4. The molecule has 1 aromatic carbocycles. The zero-order valence-corrected chi connectivity index (χ0v) is 14.5. The van der Waals surface area contributed by atoms with Crippen LogP contribution in [0.5, 0.6) is 0 Å². The quantitative estimate of drug-likeness (QED) is 0.864. The van der Waals surface area contributed by atoms with Gasteiger partial charge in [-0.15, -0.1) is 0 Å². The Morgan fingerprint density at radius 2 is 1.92 bits per heavy atom. The SMILES string of the molecule is CC(C)(C)OC(=O)NCC1CN(Cc2ccccc2)CC1C(=O)O. The maximum absolute atomic E-state index is 11.8. The molecule has 0 aliphatic carbocycles. The van der Waals surface area contributed by atoms with E-state index in [1.165, 1.54) is 0 Å². The Hall–Kier alpha value is -2.08. The van der Waals surface area contributed by atoms with E-state index in [1.54, 1.807) is 20.8 Å². The summed E-state index contributed by atoms with van der Waals surface area (Å²) in [4.78, 5) is 25.4. The molecule has 1 aliphatic rings. The van der Waals surface area contributed by atoms with Crippen molar-refractivity contribution >= 4 is 12.1 Å². The summed E-state index contributed by atoms with van der Waals surface area (Å²) >= 11 is 0. The molecule has 1 heterocycles. The van der Waals surface area contributed by atoms with Crippen molar-refractivity contribution in [3.05, 3.63) is 35.9 Å². The first kappa shape index (κ1) is 18.3. The van der Waals surface area contributed by atoms with Crippen molar-refractivity contribution in [3.8, 4) is 0 Å². The predicted molar refractivity (Wildman–Crippen MR) is 90.6 cm³/mol. The second-order valence-electron chi connectivity index (χ2n) is 7.27. The molecule has 132 valence electrons. The number of likely N-dealkylation sites (tertiary alicyclic amines) is 1. The molecule has 0 spiro atoms. The van der Waals surface area contributed by atoms with Gasteiger partial charge in [0.25, 0.3) is 0 Å². The van der Waals surface area contributed by atoms with Crippen molar-refractivity contribution in [2.45, 2.75) is 32.9 Å². The van der Waals surface area contributed by atoms with E-state index in [0.29, 0.717) is 26.2 Å². The standard InChI is InChI=1S/C18H26N2O4/c1-18(2,3)24-17(23)19-9-14-11-20(12-15(14)16(21)22)10-13-7-5-4-6-8-13/h4-8,14-15H,9-12H2,1-3H3,(H,19,23)(H,21,22). The highest BCUT2D eigenvalue weighted by molar-refractivity contribution is 5.71. The number of carboxylic acids is 1. The van der Waals surface area contributed by atoms with E-state index in [2.05, 4.69) is 10.2 Å². The molecule has 1 saturated heterocycles. The van der Waals surface area contributed by atoms with Gasteiger partial charge in [-0.05, 0) is 26.3 Å². The maximum atomic E-state index is 11.8. The van der Waals surface area contributed by atoms with E-state index >= 15 is 0 Å². The van der Waals surface area contributed by atoms with Crippen LogP contribution >= 0.6 is 0 Å². The fourth-order valence-corrected chi connectivity index (χ4v) is 2.95. The Kier molecular flexibility index (Phi) is 5.83. The molecule has 0 aromatic heterocycles. The zero-order valence-electron chi connectivity index (χ0n) is 14.5. The van der Waals surface area contributed by atoms with Gasteiger partial charge in [0.15, 0.2) is 0 Å². The van der Waals surface area contributed by atoms with Crippen LogP contribution in [0.15, 0.2) is 30.3 Å².